The van der Waals surface area contributed by atoms with Crippen LogP contribution in [0.4, 0.5) is 4.39 Å². The molecule has 2 aromatic rings. The second-order valence-corrected chi connectivity index (χ2v) is 4.69. The molecular formula is C16H19FN2O2. The number of benzene rings is 1. The average Bonchev–Trinajstić information content (AvgIpc) is 2.49. The Morgan fingerprint density at radius 3 is 2.76 bits per heavy atom. The highest BCUT2D eigenvalue weighted by molar-refractivity contribution is 5.31. The first kappa shape index (κ1) is 15.4. The van der Waals surface area contributed by atoms with Gasteiger partial charge < -0.3 is 14.8 Å². The lowest BCUT2D eigenvalue weighted by molar-refractivity contribution is 0.199. The molecule has 4 nitrogen and oxygen atoms in total. The SMILES string of the molecule is COCCNCc1ccc(Oc2ccc(C)c(F)c2)nc1. The van der Waals surface area contributed by atoms with E-state index in [1.54, 1.807) is 38.4 Å². The van der Waals surface area contributed by atoms with E-state index in [1.807, 2.05) is 6.07 Å². The van der Waals surface area contributed by atoms with Gasteiger partial charge in [0.15, 0.2) is 0 Å². The molecule has 1 aromatic carbocycles. The molecule has 0 radical (unpaired) electrons. The van der Waals surface area contributed by atoms with E-state index in [4.69, 9.17) is 9.47 Å². The summed E-state index contributed by atoms with van der Waals surface area (Å²) in [4.78, 5) is 4.21. The van der Waals surface area contributed by atoms with Gasteiger partial charge in [0, 0.05) is 38.5 Å². The second-order valence-electron chi connectivity index (χ2n) is 4.69. The Morgan fingerprint density at radius 2 is 2.10 bits per heavy atom. The molecule has 0 atom stereocenters. The standard InChI is InChI=1S/C16H19FN2O2/c1-12-3-5-14(9-15(12)17)21-16-6-4-13(11-19-16)10-18-7-8-20-2/h3-6,9,11,18H,7-8,10H2,1-2H3. The fourth-order valence-electron chi connectivity index (χ4n) is 1.74. The molecule has 0 saturated heterocycles. The third kappa shape index (κ3) is 4.81. The molecule has 21 heavy (non-hydrogen) atoms. The summed E-state index contributed by atoms with van der Waals surface area (Å²) in [6, 6.07) is 8.45. The van der Waals surface area contributed by atoms with Gasteiger partial charge in [-0.05, 0) is 24.1 Å². The fourth-order valence-corrected chi connectivity index (χ4v) is 1.74. The van der Waals surface area contributed by atoms with Crippen LogP contribution in [0, 0.1) is 12.7 Å². The van der Waals surface area contributed by atoms with Crippen molar-refractivity contribution < 1.29 is 13.9 Å². The van der Waals surface area contributed by atoms with Crippen LogP contribution in [0.5, 0.6) is 11.6 Å². The van der Waals surface area contributed by atoms with Gasteiger partial charge in [-0.2, -0.15) is 0 Å². The van der Waals surface area contributed by atoms with E-state index >= 15 is 0 Å². The zero-order valence-corrected chi connectivity index (χ0v) is 12.2. The molecular weight excluding hydrogens is 271 g/mol. The Morgan fingerprint density at radius 1 is 1.24 bits per heavy atom. The van der Waals surface area contributed by atoms with Crippen molar-refractivity contribution in [3.8, 4) is 11.6 Å². The molecule has 0 saturated carbocycles. The number of rotatable bonds is 7. The van der Waals surface area contributed by atoms with Crippen LogP contribution in [0.2, 0.25) is 0 Å². The number of ether oxygens (including phenoxy) is 2. The zero-order chi connectivity index (χ0) is 15.1. The maximum atomic E-state index is 13.4. The smallest absolute Gasteiger partial charge is 0.219 e. The topological polar surface area (TPSA) is 43.4 Å². The fraction of sp³-hybridized carbons (Fsp3) is 0.312. The third-order valence-electron chi connectivity index (χ3n) is 2.98. The van der Waals surface area contributed by atoms with Crippen LogP contribution in [0.25, 0.3) is 0 Å². The third-order valence-corrected chi connectivity index (χ3v) is 2.98. The number of pyridine rings is 1. The number of methoxy groups -OCH3 is 1. The minimum Gasteiger partial charge on any atom is -0.439 e. The first-order valence-corrected chi connectivity index (χ1v) is 6.77. The summed E-state index contributed by atoms with van der Waals surface area (Å²) in [7, 11) is 1.67. The first-order chi connectivity index (χ1) is 10.2. The highest BCUT2D eigenvalue weighted by Gasteiger charge is 2.03. The van der Waals surface area contributed by atoms with E-state index in [0.717, 1.165) is 18.7 Å². The monoisotopic (exact) mass is 290 g/mol. The minimum atomic E-state index is -0.286. The van der Waals surface area contributed by atoms with Crippen molar-refractivity contribution in [2.45, 2.75) is 13.5 Å². The maximum Gasteiger partial charge on any atom is 0.219 e. The summed E-state index contributed by atoms with van der Waals surface area (Å²) in [5.41, 5.74) is 1.64. The van der Waals surface area contributed by atoms with Crippen LogP contribution >= 0.6 is 0 Å². The molecule has 1 aromatic heterocycles. The van der Waals surface area contributed by atoms with E-state index in [-0.39, 0.29) is 5.82 Å². The van der Waals surface area contributed by atoms with Gasteiger partial charge in [-0.15, -0.1) is 0 Å². The van der Waals surface area contributed by atoms with Crippen molar-refractivity contribution >= 4 is 0 Å². The van der Waals surface area contributed by atoms with E-state index in [9.17, 15) is 4.39 Å². The second kappa shape index (κ2) is 7.71. The zero-order valence-electron chi connectivity index (χ0n) is 12.2. The molecule has 0 spiro atoms. The molecule has 1 heterocycles. The lowest BCUT2D eigenvalue weighted by atomic mass is 10.2. The summed E-state index contributed by atoms with van der Waals surface area (Å²) in [5, 5.41) is 3.23. The van der Waals surface area contributed by atoms with E-state index < -0.39 is 0 Å². The molecule has 1 N–H and O–H groups in total. The normalized spacial score (nSPS) is 10.6. The number of hydrogen-bond donors (Lipinski definition) is 1. The molecule has 0 fully saturated rings. The van der Waals surface area contributed by atoms with Gasteiger partial charge in [-0.3, -0.25) is 0 Å². The van der Waals surface area contributed by atoms with E-state index in [2.05, 4.69) is 10.3 Å². The van der Waals surface area contributed by atoms with Crippen LogP contribution in [0.1, 0.15) is 11.1 Å². The lowest BCUT2D eigenvalue weighted by Gasteiger charge is -2.07. The largest absolute Gasteiger partial charge is 0.439 e. The highest BCUT2D eigenvalue weighted by Crippen LogP contribution is 2.21. The molecule has 0 amide bonds. The van der Waals surface area contributed by atoms with Crippen molar-refractivity contribution in [3.05, 3.63) is 53.5 Å². The number of halogens is 1. The van der Waals surface area contributed by atoms with Crippen LogP contribution in [0.15, 0.2) is 36.5 Å². The van der Waals surface area contributed by atoms with Gasteiger partial charge in [0.25, 0.3) is 0 Å². The van der Waals surface area contributed by atoms with Crippen LogP contribution in [0.3, 0.4) is 0 Å². The van der Waals surface area contributed by atoms with Gasteiger partial charge in [-0.1, -0.05) is 12.1 Å². The number of aryl methyl sites for hydroxylation is 1. The number of nitrogens with zero attached hydrogens (tertiary/aromatic N) is 1. The maximum absolute atomic E-state index is 13.4. The van der Waals surface area contributed by atoms with Gasteiger partial charge >= 0.3 is 0 Å². The number of hydrogen-bond acceptors (Lipinski definition) is 4. The van der Waals surface area contributed by atoms with Crippen LogP contribution in [-0.4, -0.2) is 25.2 Å². The van der Waals surface area contributed by atoms with Crippen molar-refractivity contribution in [2.75, 3.05) is 20.3 Å². The van der Waals surface area contributed by atoms with E-state index in [1.165, 1.54) is 6.07 Å². The quantitative estimate of drug-likeness (QED) is 0.796. The number of nitrogens with one attached hydrogen (secondary N) is 1. The molecule has 0 bridgehead atoms. The van der Waals surface area contributed by atoms with E-state index in [0.29, 0.717) is 23.8 Å². The molecule has 0 unspecified atom stereocenters. The summed E-state index contributed by atoms with van der Waals surface area (Å²) < 4.78 is 23.9. The van der Waals surface area contributed by atoms with Crippen molar-refractivity contribution in [2.24, 2.45) is 0 Å². The highest BCUT2D eigenvalue weighted by atomic mass is 19.1. The molecule has 0 aliphatic carbocycles. The lowest BCUT2D eigenvalue weighted by Crippen LogP contribution is -2.18. The predicted octanol–water partition coefficient (Wildman–Crippen LogP) is 3.06. The Balaban J connectivity index is 1.91. The van der Waals surface area contributed by atoms with Crippen LogP contribution < -0.4 is 10.1 Å². The van der Waals surface area contributed by atoms with Gasteiger partial charge in [0.1, 0.15) is 11.6 Å². The van der Waals surface area contributed by atoms with Crippen molar-refractivity contribution in [1.82, 2.24) is 10.3 Å². The number of aromatic nitrogens is 1. The summed E-state index contributed by atoms with van der Waals surface area (Å²) in [5.74, 6) is 0.599. The minimum absolute atomic E-state index is 0.286. The Hall–Kier alpha value is -1.98. The average molecular weight is 290 g/mol. The molecule has 0 aliphatic heterocycles. The molecule has 112 valence electrons. The Labute approximate surface area is 123 Å². The first-order valence-electron chi connectivity index (χ1n) is 6.77. The molecule has 5 heteroatoms. The molecule has 0 aliphatic rings. The van der Waals surface area contributed by atoms with Crippen LogP contribution in [-0.2, 0) is 11.3 Å². The summed E-state index contributed by atoms with van der Waals surface area (Å²) in [6.45, 7) is 3.89. The summed E-state index contributed by atoms with van der Waals surface area (Å²) >= 11 is 0. The Bertz CT molecular complexity index is 573. The van der Waals surface area contributed by atoms with Gasteiger partial charge in [0.2, 0.25) is 5.88 Å². The summed E-state index contributed by atoms with van der Waals surface area (Å²) in [6.07, 6.45) is 1.74. The predicted molar refractivity (Wildman–Crippen MR) is 79.0 cm³/mol. The van der Waals surface area contributed by atoms with Crippen molar-refractivity contribution in [3.63, 3.8) is 0 Å². The van der Waals surface area contributed by atoms with Gasteiger partial charge in [-0.25, -0.2) is 9.37 Å². The molecule has 2 rings (SSSR count). The Kier molecular flexibility index (Phi) is 5.66. The van der Waals surface area contributed by atoms with Gasteiger partial charge in [0.05, 0.1) is 6.61 Å². The van der Waals surface area contributed by atoms with Crippen molar-refractivity contribution in [1.29, 1.82) is 0 Å².